The zero-order valence-electron chi connectivity index (χ0n) is 11.7. The first-order valence-electron chi connectivity index (χ1n) is 6.61. The van der Waals surface area contributed by atoms with E-state index in [0.717, 1.165) is 36.5 Å². The summed E-state index contributed by atoms with van der Waals surface area (Å²) in [5, 5.41) is 0. The normalized spacial score (nSPS) is 18.3. The molecule has 0 radical (unpaired) electrons. The Balaban J connectivity index is 2.41. The number of methoxy groups -OCH3 is 1. The summed E-state index contributed by atoms with van der Waals surface area (Å²) in [4.78, 5) is 0. The first-order valence-corrected chi connectivity index (χ1v) is 6.61. The molecule has 1 aromatic rings. The molecule has 1 aliphatic rings. The summed E-state index contributed by atoms with van der Waals surface area (Å²) in [6.45, 7) is 7.63. The lowest BCUT2D eigenvalue weighted by molar-refractivity contribution is 0.0394. The van der Waals surface area contributed by atoms with Crippen LogP contribution in [0.15, 0.2) is 6.07 Å². The number of benzene rings is 1. The van der Waals surface area contributed by atoms with Crippen molar-refractivity contribution < 1.29 is 14.2 Å². The minimum Gasteiger partial charge on any atom is -0.496 e. The molecule has 100 valence electrons. The van der Waals surface area contributed by atoms with Gasteiger partial charge in [-0.05, 0) is 38.3 Å². The molecule has 1 heterocycles. The average molecular weight is 250 g/mol. The summed E-state index contributed by atoms with van der Waals surface area (Å²) in [5.74, 6) is 1.87. The van der Waals surface area contributed by atoms with E-state index in [-0.39, 0.29) is 6.10 Å². The molecule has 1 unspecified atom stereocenters. The third kappa shape index (κ3) is 2.46. The van der Waals surface area contributed by atoms with Gasteiger partial charge in [0.15, 0.2) is 0 Å². The zero-order chi connectivity index (χ0) is 13.1. The molecule has 3 heteroatoms. The summed E-state index contributed by atoms with van der Waals surface area (Å²) in [6, 6.07) is 2.15. The monoisotopic (exact) mass is 250 g/mol. The third-order valence-corrected chi connectivity index (χ3v) is 3.36. The van der Waals surface area contributed by atoms with Crippen molar-refractivity contribution in [1.82, 2.24) is 0 Å². The maximum atomic E-state index is 5.81. The molecule has 0 amide bonds. The number of hydrogen-bond acceptors (Lipinski definition) is 3. The van der Waals surface area contributed by atoms with E-state index in [1.807, 2.05) is 6.92 Å². The lowest BCUT2D eigenvalue weighted by Gasteiger charge is -2.26. The molecule has 0 saturated heterocycles. The molecule has 0 saturated carbocycles. The van der Waals surface area contributed by atoms with Crippen LogP contribution in [0, 0.1) is 6.92 Å². The van der Waals surface area contributed by atoms with Crippen LogP contribution in [0.1, 0.15) is 37.0 Å². The number of rotatable bonds is 4. The SMILES string of the molecule is CCCOc1cc2c(c(OC)c1C)COC(C)C2. The Hall–Kier alpha value is -1.22. The van der Waals surface area contributed by atoms with Gasteiger partial charge < -0.3 is 14.2 Å². The summed E-state index contributed by atoms with van der Waals surface area (Å²) in [7, 11) is 1.71. The van der Waals surface area contributed by atoms with Gasteiger partial charge >= 0.3 is 0 Å². The first kappa shape index (κ1) is 13.2. The molecular formula is C15H22O3. The number of hydrogen-bond donors (Lipinski definition) is 0. The third-order valence-electron chi connectivity index (χ3n) is 3.36. The van der Waals surface area contributed by atoms with Crippen LogP contribution in [0.3, 0.4) is 0 Å². The molecule has 1 atom stereocenters. The van der Waals surface area contributed by atoms with E-state index in [2.05, 4.69) is 19.9 Å². The summed E-state index contributed by atoms with van der Waals surface area (Å²) in [5.41, 5.74) is 3.54. The Morgan fingerprint density at radius 2 is 2.22 bits per heavy atom. The summed E-state index contributed by atoms with van der Waals surface area (Å²) < 4.78 is 17.1. The Morgan fingerprint density at radius 1 is 1.44 bits per heavy atom. The molecule has 0 spiro atoms. The molecule has 0 N–H and O–H groups in total. The zero-order valence-corrected chi connectivity index (χ0v) is 11.7. The minimum absolute atomic E-state index is 0.268. The second-order valence-electron chi connectivity index (χ2n) is 4.84. The standard InChI is InChI=1S/C15H22O3/c1-5-6-17-14-8-12-7-10(2)18-9-13(12)15(16-4)11(14)3/h8,10H,5-7,9H2,1-4H3. The second-order valence-corrected chi connectivity index (χ2v) is 4.84. The van der Waals surface area contributed by atoms with E-state index in [1.165, 1.54) is 11.1 Å². The topological polar surface area (TPSA) is 27.7 Å². The van der Waals surface area contributed by atoms with Crippen LogP contribution >= 0.6 is 0 Å². The van der Waals surface area contributed by atoms with Crippen LogP contribution in [-0.4, -0.2) is 19.8 Å². The highest BCUT2D eigenvalue weighted by molar-refractivity contribution is 5.54. The summed E-state index contributed by atoms with van der Waals surface area (Å²) >= 11 is 0. The Kier molecular flexibility index (Phi) is 4.12. The van der Waals surface area contributed by atoms with E-state index < -0.39 is 0 Å². The fraction of sp³-hybridized carbons (Fsp3) is 0.600. The maximum absolute atomic E-state index is 5.81. The molecule has 0 aromatic heterocycles. The molecule has 1 aliphatic heterocycles. The van der Waals surface area contributed by atoms with Gasteiger partial charge in [-0.3, -0.25) is 0 Å². The smallest absolute Gasteiger partial charge is 0.131 e. The Bertz CT molecular complexity index is 426. The van der Waals surface area contributed by atoms with Gasteiger partial charge in [-0.1, -0.05) is 6.92 Å². The molecule has 3 nitrogen and oxygen atoms in total. The quantitative estimate of drug-likeness (QED) is 0.821. The molecule has 2 rings (SSSR count). The van der Waals surface area contributed by atoms with Crippen LogP contribution < -0.4 is 9.47 Å². The highest BCUT2D eigenvalue weighted by Gasteiger charge is 2.23. The predicted molar refractivity (Wildman–Crippen MR) is 71.5 cm³/mol. The van der Waals surface area contributed by atoms with Crippen molar-refractivity contribution in [3.8, 4) is 11.5 Å². The van der Waals surface area contributed by atoms with Gasteiger partial charge in [-0.15, -0.1) is 0 Å². The highest BCUT2D eigenvalue weighted by Crippen LogP contribution is 2.37. The van der Waals surface area contributed by atoms with Crippen molar-refractivity contribution in [2.75, 3.05) is 13.7 Å². The van der Waals surface area contributed by atoms with Crippen LogP contribution in [0.4, 0.5) is 0 Å². The van der Waals surface area contributed by atoms with Crippen molar-refractivity contribution in [3.63, 3.8) is 0 Å². The largest absolute Gasteiger partial charge is 0.496 e. The Labute approximate surface area is 109 Å². The van der Waals surface area contributed by atoms with Gasteiger partial charge in [-0.25, -0.2) is 0 Å². The summed E-state index contributed by atoms with van der Waals surface area (Å²) in [6.07, 6.45) is 2.20. The van der Waals surface area contributed by atoms with Gasteiger partial charge in [0.2, 0.25) is 0 Å². The fourth-order valence-electron chi connectivity index (χ4n) is 2.41. The predicted octanol–water partition coefficient (Wildman–Crippen LogP) is 3.25. The molecular weight excluding hydrogens is 228 g/mol. The first-order chi connectivity index (χ1) is 8.67. The Morgan fingerprint density at radius 3 is 2.89 bits per heavy atom. The van der Waals surface area contributed by atoms with E-state index in [4.69, 9.17) is 14.2 Å². The second kappa shape index (κ2) is 5.61. The number of ether oxygens (including phenoxy) is 3. The lowest BCUT2D eigenvalue weighted by Crippen LogP contribution is -2.20. The maximum Gasteiger partial charge on any atom is 0.131 e. The van der Waals surface area contributed by atoms with Crippen LogP contribution in [0.25, 0.3) is 0 Å². The van der Waals surface area contributed by atoms with E-state index in [9.17, 15) is 0 Å². The van der Waals surface area contributed by atoms with E-state index in [1.54, 1.807) is 7.11 Å². The van der Waals surface area contributed by atoms with Crippen LogP contribution in [0.2, 0.25) is 0 Å². The fourth-order valence-corrected chi connectivity index (χ4v) is 2.41. The van der Waals surface area contributed by atoms with Gasteiger partial charge in [0.25, 0.3) is 0 Å². The molecule has 0 fully saturated rings. The van der Waals surface area contributed by atoms with Crippen LogP contribution in [-0.2, 0) is 17.8 Å². The van der Waals surface area contributed by atoms with Gasteiger partial charge in [0.1, 0.15) is 11.5 Å². The van der Waals surface area contributed by atoms with Crippen molar-refractivity contribution in [3.05, 3.63) is 22.8 Å². The van der Waals surface area contributed by atoms with Crippen molar-refractivity contribution in [2.45, 2.75) is 46.3 Å². The van der Waals surface area contributed by atoms with Crippen LogP contribution in [0.5, 0.6) is 11.5 Å². The van der Waals surface area contributed by atoms with Gasteiger partial charge in [0.05, 0.1) is 26.4 Å². The van der Waals surface area contributed by atoms with Crippen molar-refractivity contribution in [2.24, 2.45) is 0 Å². The molecule has 18 heavy (non-hydrogen) atoms. The lowest BCUT2D eigenvalue weighted by atomic mass is 9.95. The minimum atomic E-state index is 0.268. The number of fused-ring (bicyclic) bond motifs is 1. The van der Waals surface area contributed by atoms with Crippen molar-refractivity contribution in [1.29, 1.82) is 0 Å². The molecule has 0 bridgehead atoms. The molecule has 0 aliphatic carbocycles. The van der Waals surface area contributed by atoms with Gasteiger partial charge in [0, 0.05) is 11.1 Å². The van der Waals surface area contributed by atoms with E-state index in [0.29, 0.717) is 6.61 Å². The highest BCUT2D eigenvalue weighted by atomic mass is 16.5. The van der Waals surface area contributed by atoms with Crippen molar-refractivity contribution >= 4 is 0 Å². The van der Waals surface area contributed by atoms with E-state index >= 15 is 0 Å². The van der Waals surface area contributed by atoms with Gasteiger partial charge in [-0.2, -0.15) is 0 Å². The molecule has 1 aromatic carbocycles. The average Bonchev–Trinajstić information content (AvgIpc) is 2.36.